The van der Waals surface area contributed by atoms with Gasteiger partial charge in [-0.3, -0.25) is 0 Å². The van der Waals surface area contributed by atoms with Gasteiger partial charge in [-0.05, 0) is 30.2 Å². The first-order valence-corrected chi connectivity index (χ1v) is 9.26. The van der Waals surface area contributed by atoms with Crippen molar-refractivity contribution in [1.29, 1.82) is 0 Å². The zero-order valence-corrected chi connectivity index (χ0v) is 16.9. The van der Waals surface area contributed by atoms with Crippen LogP contribution < -0.4 is 4.74 Å². The molecule has 0 aromatic heterocycles. The SMILES string of the molecule is Cc1ccc(-c2cc(F)c(C(F)(F)Oc3cc(F)c(/C(F)=C/C(F)(F)F)c(F)c3)c(F)c2)cc1. The molecule has 11 heteroatoms. The Hall–Kier alpha value is -3.50. The number of ether oxygens (including phenoxy) is 1. The second kappa shape index (κ2) is 9.03. The second-order valence-electron chi connectivity index (χ2n) is 7.10. The predicted octanol–water partition coefficient (Wildman–Crippen LogP) is 8.22. The molecule has 3 rings (SSSR count). The summed E-state index contributed by atoms with van der Waals surface area (Å²) in [6.07, 6.45) is -11.1. The molecule has 0 fully saturated rings. The minimum absolute atomic E-state index is 0.0490. The van der Waals surface area contributed by atoms with Crippen LogP contribution in [0.3, 0.4) is 0 Å². The minimum atomic E-state index is -5.26. The van der Waals surface area contributed by atoms with E-state index in [4.69, 9.17) is 0 Å². The molecule has 0 radical (unpaired) electrons. The first-order valence-electron chi connectivity index (χ1n) is 9.26. The number of hydrogen-bond acceptors (Lipinski definition) is 1. The number of allylic oxidation sites excluding steroid dienone is 1. The molecule has 0 N–H and O–H groups in total. The molecule has 0 unspecified atom stereocenters. The lowest BCUT2D eigenvalue weighted by molar-refractivity contribution is -0.189. The fraction of sp³-hybridized carbons (Fsp3) is 0.130. The maximum atomic E-state index is 14.5. The van der Waals surface area contributed by atoms with Gasteiger partial charge in [-0.1, -0.05) is 29.8 Å². The van der Waals surface area contributed by atoms with Gasteiger partial charge in [-0.25, -0.2) is 22.0 Å². The third kappa shape index (κ3) is 5.52. The van der Waals surface area contributed by atoms with Gasteiger partial charge in [-0.2, -0.15) is 22.0 Å². The molecular weight excluding hydrogens is 482 g/mol. The van der Waals surface area contributed by atoms with Crippen LogP contribution in [0.15, 0.2) is 54.6 Å². The van der Waals surface area contributed by atoms with E-state index in [0.717, 1.165) is 5.56 Å². The Kier molecular flexibility index (Phi) is 6.68. The van der Waals surface area contributed by atoms with E-state index in [0.29, 0.717) is 17.7 Å². The number of benzene rings is 3. The topological polar surface area (TPSA) is 9.23 Å². The molecule has 0 saturated carbocycles. The molecule has 1 nitrogen and oxygen atoms in total. The fourth-order valence-corrected chi connectivity index (χ4v) is 3.02. The molecule has 0 spiro atoms. The van der Waals surface area contributed by atoms with E-state index >= 15 is 0 Å². The van der Waals surface area contributed by atoms with Gasteiger partial charge in [0.1, 0.15) is 40.4 Å². The summed E-state index contributed by atoms with van der Waals surface area (Å²) in [6, 6.07) is 7.34. The van der Waals surface area contributed by atoms with E-state index in [1.165, 1.54) is 12.1 Å². The summed E-state index contributed by atoms with van der Waals surface area (Å²) >= 11 is 0. The van der Waals surface area contributed by atoms with Crippen molar-refractivity contribution < 1.29 is 48.6 Å². The summed E-state index contributed by atoms with van der Waals surface area (Å²) in [4.78, 5) is 0. The maximum absolute atomic E-state index is 14.5. The van der Waals surface area contributed by atoms with Crippen molar-refractivity contribution in [2.75, 3.05) is 0 Å². The Morgan fingerprint density at radius 1 is 0.735 bits per heavy atom. The summed E-state index contributed by atoms with van der Waals surface area (Å²) in [6.45, 7) is 1.76. The normalized spacial score (nSPS) is 12.7. The zero-order valence-electron chi connectivity index (χ0n) is 16.9. The third-order valence-corrected chi connectivity index (χ3v) is 4.51. The summed E-state index contributed by atoms with van der Waals surface area (Å²) < 4.78 is 140. The highest BCUT2D eigenvalue weighted by Crippen LogP contribution is 2.38. The van der Waals surface area contributed by atoms with Gasteiger partial charge in [0.15, 0.2) is 0 Å². The van der Waals surface area contributed by atoms with E-state index in [1.807, 2.05) is 0 Å². The van der Waals surface area contributed by atoms with E-state index < -0.39 is 64.3 Å². The first-order chi connectivity index (χ1) is 15.7. The second-order valence-corrected chi connectivity index (χ2v) is 7.10. The molecule has 180 valence electrons. The Morgan fingerprint density at radius 2 is 1.24 bits per heavy atom. The quantitative estimate of drug-likeness (QED) is 0.325. The van der Waals surface area contributed by atoms with Crippen molar-refractivity contribution in [2.24, 2.45) is 0 Å². The van der Waals surface area contributed by atoms with E-state index in [9.17, 15) is 43.9 Å². The Morgan fingerprint density at radius 3 is 1.71 bits per heavy atom. The highest BCUT2D eigenvalue weighted by atomic mass is 19.4. The van der Waals surface area contributed by atoms with Crippen LogP contribution in [0.4, 0.5) is 43.9 Å². The number of aryl methyl sites for hydroxylation is 1. The Balaban J connectivity index is 1.96. The smallest absolute Gasteiger partial charge is 0.429 e. The standard InChI is InChI=1S/C23H12F10O/c1-11-2-4-12(5-3-11)13-6-17(26)21(18(27)7-13)23(32,33)34-14-8-15(24)20(16(25)9-14)19(28)10-22(29,30)31/h2-10H,1H3/b19-10-. The van der Waals surface area contributed by atoms with Crippen molar-refractivity contribution in [1.82, 2.24) is 0 Å². The van der Waals surface area contributed by atoms with E-state index in [2.05, 4.69) is 4.74 Å². The fourth-order valence-electron chi connectivity index (χ4n) is 3.02. The number of halogens is 10. The summed E-state index contributed by atoms with van der Waals surface area (Å²) in [5, 5.41) is 0. The first kappa shape index (κ1) is 25.1. The molecule has 34 heavy (non-hydrogen) atoms. The molecule has 0 aliphatic carbocycles. The largest absolute Gasteiger partial charge is 0.432 e. The Labute approximate surface area is 185 Å². The van der Waals surface area contributed by atoms with Crippen molar-refractivity contribution >= 4 is 5.83 Å². The molecule has 0 saturated heterocycles. The predicted molar refractivity (Wildman–Crippen MR) is 103 cm³/mol. The van der Waals surface area contributed by atoms with Gasteiger partial charge in [0.25, 0.3) is 0 Å². The van der Waals surface area contributed by atoms with Gasteiger partial charge in [0.2, 0.25) is 0 Å². The van der Waals surface area contributed by atoms with Gasteiger partial charge >= 0.3 is 12.3 Å². The molecule has 3 aromatic carbocycles. The van der Waals surface area contributed by atoms with Crippen LogP contribution >= 0.6 is 0 Å². The average Bonchev–Trinajstić information content (AvgIpc) is 2.65. The number of alkyl halides is 5. The Bertz CT molecular complexity index is 1200. The summed E-state index contributed by atoms with van der Waals surface area (Å²) in [5.74, 6) is -11.2. The highest BCUT2D eigenvalue weighted by Gasteiger charge is 2.41. The molecular formula is C23H12F10O. The average molecular weight is 494 g/mol. The minimum Gasteiger partial charge on any atom is -0.429 e. The van der Waals surface area contributed by atoms with Gasteiger partial charge in [0, 0.05) is 12.1 Å². The van der Waals surface area contributed by atoms with Crippen molar-refractivity contribution in [3.05, 3.63) is 94.6 Å². The van der Waals surface area contributed by atoms with Gasteiger partial charge in [-0.15, -0.1) is 0 Å². The molecule has 0 amide bonds. The van der Waals surface area contributed by atoms with Crippen molar-refractivity contribution in [2.45, 2.75) is 19.2 Å². The van der Waals surface area contributed by atoms with E-state index in [-0.39, 0.29) is 17.7 Å². The van der Waals surface area contributed by atoms with Crippen LogP contribution in [0.2, 0.25) is 0 Å². The van der Waals surface area contributed by atoms with Crippen LogP contribution in [0.1, 0.15) is 16.7 Å². The van der Waals surface area contributed by atoms with Crippen LogP contribution in [0.5, 0.6) is 5.75 Å². The van der Waals surface area contributed by atoms with Crippen LogP contribution in [-0.4, -0.2) is 6.18 Å². The number of rotatable bonds is 5. The highest BCUT2D eigenvalue weighted by molar-refractivity contribution is 5.65. The lowest BCUT2D eigenvalue weighted by Gasteiger charge is -2.20. The maximum Gasteiger partial charge on any atom is 0.432 e. The number of hydrogen-bond donors (Lipinski definition) is 0. The van der Waals surface area contributed by atoms with Crippen molar-refractivity contribution in [3.63, 3.8) is 0 Å². The van der Waals surface area contributed by atoms with Crippen LogP contribution in [0.25, 0.3) is 17.0 Å². The lowest BCUT2D eigenvalue weighted by atomic mass is 10.0. The zero-order chi connectivity index (χ0) is 25.4. The summed E-state index contributed by atoms with van der Waals surface area (Å²) in [5.41, 5.74) is -2.60. The summed E-state index contributed by atoms with van der Waals surface area (Å²) in [7, 11) is 0. The van der Waals surface area contributed by atoms with Crippen molar-refractivity contribution in [3.8, 4) is 16.9 Å². The van der Waals surface area contributed by atoms with Gasteiger partial charge in [0.05, 0.1) is 11.6 Å². The molecule has 0 aliphatic rings. The lowest BCUT2D eigenvalue weighted by Crippen LogP contribution is -2.25. The molecule has 3 aromatic rings. The van der Waals surface area contributed by atoms with E-state index in [1.54, 1.807) is 19.1 Å². The molecule has 0 bridgehead atoms. The van der Waals surface area contributed by atoms with Crippen LogP contribution in [0, 0.1) is 30.2 Å². The third-order valence-electron chi connectivity index (χ3n) is 4.51. The van der Waals surface area contributed by atoms with Gasteiger partial charge < -0.3 is 4.74 Å². The molecule has 0 heterocycles. The monoisotopic (exact) mass is 494 g/mol. The van der Waals surface area contributed by atoms with Crippen LogP contribution in [-0.2, 0) is 6.11 Å². The molecule has 0 atom stereocenters. The molecule has 0 aliphatic heterocycles.